The van der Waals surface area contributed by atoms with Crippen molar-refractivity contribution in [1.82, 2.24) is 10.3 Å². The quantitative estimate of drug-likeness (QED) is 0.908. The zero-order valence-corrected chi connectivity index (χ0v) is 10.9. The predicted octanol–water partition coefficient (Wildman–Crippen LogP) is 3.21. The van der Waals surface area contributed by atoms with Crippen molar-refractivity contribution in [3.8, 4) is 0 Å². The van der Waals surface area contributed by atoms with Gasteiger partial charge in [-0.25, -0.2) is 4.39 Å². The van der Waals surface area contributed by atoms with Gasteiger partial charge in [-0.05, 0) is 36.1 Å². The highest BCUT2D eigenvalue weighted by Gasteiger charge is 2.25. The third kappa shape index (κ3) is 2.51. The van der Waals surface area contributed by atoms with E-state index in [-0.39, 0.29) is 11.9 Å². The summed E-state index contributed by atoms with van der Waals surface area (Å²) in [6, 6.07) is 10.2. The van der Waals surface area contributed by atoms with Crippen LogP contribution in [0.25, 0.3) is 0 Å². The van der Waals surface area contributed by atoms with Crippen LogP contribution in [0.3, 0.4) is 0 Å². The van der Waals surface area contributed by atoms with E-state index in [9.17, 15) is 4.39 Å². The SMILES string of the molecule is CC(NCC1Cc2ccccc21)c1cncc(F)c1. The summed E-state index contributed by atoms with van der Waals surface area (Å²) < 4.78 is 13.1. The molecule has 0 saturated heterocycles. The lowest BCUT2D eigenvalue weighted by Crippen LogP contribution is -2.30. The number of benzene rings is 1. The second-order valence-electron chi connectivity index (χ2n) is 5.17. The molecule has 0 radical (unpaired) electrons. The molecule has 1 aliphatic rings. The van der Waals surface area contributed by atoms with Crippen LogP contribution in [-0.4, -0.2) is 11.5 Å². The fourth-order valence-corrected chi connectivity index (χ4v) is 2.65. The van der Waals surface area contributed by atoms with Crippen molar-refractivity contribution in [1.29, 1.82) is 0 Å². The van der Waals surface area contributed by atoms with Gasteiger partial charge in [-0.3, -0.25) is 4.98 Å². The number of nitrogens with zero attached hydrogens (tertiary/aromatic N) is 1. The molecule has 3 rings (SSSR count). The van der Waals surface area contributed by atoms with Crippen LogP contribution in [0.4, 0.5) is 4.39 Å². The maximum atomic E-state index is 13.1. The molecule has 2 aromatic rings. The van der Waals surface area contributed by atoms with Crippen molar-refractivity contribution in [2.45, 2.75) is 25.3 Å². The van der Waals surface area contributed by atoms with Gasteiger partial charge in [-0.15, -0.1) is 0 Å². The molecule has 0 spiro atoms. The van der Waals surface area contributed by atoms with E-state index in [1.54, 1.807) is 12.3 Å². The molecule has 19 heavy (non-hydrogen) atoms. The Hall–Kier alpha value is -1.74. The average Bonchev–Trinajstić information content (AvgIpc) is 2.39. The van der Waals surface area contributed by atoms with Crippen molar-refractivity contribution in [2.24, 2.45) is 0 Å². The summed E-state index contributed by atoms with van der Waals surface area (Å²) in [6.45, 7) is 2.97. The minimum atomic E-state index is -0.278. The molecule has 0 amide bonds. The maximum absolute atomic E-state index is 13.1. The lowest BCUT2D eigenvalue weighted by molar-refractivity contribution is 0.486. The smallest absolute Gasteiger partial charge is 0.141 e. The van der Waals surface area contributed by atoms with E-state index in [4.69, 9.17) is 0 Å². The molecule has 1 aliphatic carbocycles. The van der Waals surface area contributed by atoms with E-state index in [1.165, 1.54) is 17.3 Å². The molecular weight excluding hydrogens is 239 g/mol. The highest BCUT2D eigenvalue weighted by atomic mass is 19.1. The fourth-order valence-electron chi connectivity index (χ4n) is 2.65. The van der Waals surface area contributed by atoms with Crippen LogP contribution in [0.5, 0.6) is 0 Å². The van der Waals surface area contributed by atoms with Crippen LogP contribution >= 0.6 is 0 Å². The number of halogens is 1. The van der Waals surface area contributed by atoms with Gasteiger partial charge in [0, 0.05) is 24.7 Å². The molecule has 0 fully saturated rings. The Morgan fingerprint density at radius 3 is 3.00 bits per heavy atom. The first kappa shape index (κ1) is 12.3. The van der Waals surface area contributed by atoms with Gasteiger partial charge in [0.15, 0.2) is 0 Å². The summed E-state index contributed by atoms with van der Waals surface area (Å²) in [5.74, 6) is 0.306. The molecule has 3 heteroatoms. The van der Waals surface area contributed by atoms with E-state index in [0.717, 1.165) is 18.5 Å². The largest absolute Gasteiger partial charge is 0.310 e. The van der Waals surface area contributed by atoms with Crippen LogP contribution in [-0.2, 0) is 6.42 Å². The van der Waals surface area contributed by atoms with Crippen molar-refractivity contribution in [2.75, 3.05) is 6.54 Å². The van der Waals surface area contributed by atoms with E-state index in [1.807, 2.05) is 6.92 Å². The maximum Gasteiger partial charge on any atom is 0.141 e. The number of fused-ring (bicyclic) bond motifs is 1. The molecule has 1 N–H and O–H groups in total. The number of aromatic nitrogens is 1. The summed E-state index contributed by atoms with van der Waals surface area (Å²) in [6.07, 6.45) is 4.09. The molecule has 1 aromatic carbocycles. The summed E-state index contributed by atoms with van der Waals surface area (Å²) in [7, 11) is 0. The van der Waals surface area contributed by atoms with E-state index in [2.05, 4.69) is 34.6 Å². The van der Waals surface area contributed by atoms with Crippen molar-refractivity contribution in [3.63, 3.8) is 0 Å². The molecule has 2 nitrogen and oxygen atoms in total. The number of pyridine rings is 1. The predicted molar refractivity (Wildman–Crippen MR) is 73.5 cm³/mol. The highest BCUT2D eigenvalue weighted by molar-refractivity contribution is 5.40. The van der Waals surface area contributed by atoms with Crippen molar-refractivity contribution in [3.05, 3.63) is 65.2 Å². The summed E-state index contributed by atoms with van der Waals surface area (Å²) >= 11 is 0. The first-order chi connectivity index (χ1) is 9.24. The lowest BCUT2D eigenvalue weighted by Gasteiger charge is -2.31. The first-order valence-electron chi connectivity index (χ1n) is 6.65. The van der Waals surface area contributed by atoms with Gasteiger partial charge in [-0.1, -0.05) is 24.3 Å². The highest BCUT2D eigenvalue weighted by Crippen LogP contribution is 2.34. The van der Waals surface area contributed by atoms with Crippen molar-refractivity contribution >= 4 is 0 Å². The number of rotatable bonds is 4. The Kier molecular flexibility index (Phi) is 3.30. The van der Waals surface area contributed by atoms with Crippen LogP contribution in [0.15, 0.2) is 42.7 Å². The Morgan fingerprint density at radius 1 is 1.37 bits per heavy atom. The number of hydrogen-bond acceptors (Lipinski definition) is 2. The summed E-state index contributed by atoms with van der Waals surface area (Å²) in [4.78, 5) is 3.89. The van der Waals surface area contributed by atoms with Gasteiger partial charge in [0.1, 0.15) is 5.82 Å². The number of hydrogen-bond donors (Lipinski definition) is 1. The summed E-state index contributed by atoms with van der Waals surface area (Å²) in [5, 5.41) is 3.46. The fraction of sp³-hybridized carbons (Fsp3) is 0.312. The van der Waals surface area contributed by atoms with Gasteiger partial charge in [-0.2, -0.15) is 0 Å². The molecule has 1 heterocycles. The Morgan fingerprint density at radius 2 is 2.21 bits per heavy atom. The molecular formula is C16H17FN2. The minimum absolute atomic E-state index is 0.121. The Balaban J connectivity index is 1.59. The van der Waals surface area contributed by atoms with E-state index in [0.29, 0.717) is 5.92 Å². The molecule has 98 valence electrons. The third-order valence-electron chi connectivity index (χ3n) is 3.86. The monoisotopic (exact) mass is 256 g/mol. The second-order valence-corrected chi connectivity index (χ2v) is 5.17. The van der Waals surface area contributed by atoms with Crippen LogP contribution in [0.1, 0.15) is 35.6 Å². The van der Waals surface area contributed by atoms with Gasteiger partial charge >= 0.3 is 0 Å². The average molecular weight is 256 g/mol. The van der Waals surface area contributed by atoms with E-state index < -0.39 is 0 Å². The lowest BCUT2D eigenvalue weighted by atomic mass is 9.77. The minimum Gasteiger partial charge on any atom is -0.310 e. The standard InChI is InChI=1S/C16H17FN2/c1-11(13-7-15(17)10-18-8-13)19-9-14-6-12-4-2-3-5-16(12)14/h2-5,7-8,10-11,14,19H,6,9H2,1H3. The van der Waals surface area contributed by atoms with Gasteiger partial charge in [0.2, 0.25) is 0 Å². The zero-order chi connectivity index (χ0) is 13.2. The van der Waals surface area contributed by atoms with Crippen molar-refractivity contribution < 1.29 is 4.39 Å². The van der Waals surface area contributed by atoms with Gasteiger partial charge in [0.05, 0.1) is 6.20 Å². The molecule has 2 unspecified atom stereocenters. The van der Waals surface area contributed by atoms with Crippen LogP contribution < -0.4 is 5.32 Å². The summed E-state index contributed by atoms with van der Waals surface area (Å²) in [5.41, 5.74) is 3.79. The van der Waals surface area contributed by atoms with Gasteiger partial charge in [0.25, 0.3) is 0 Å². The Bertz CT molecular complexity index is 582. The first-order valence-corrected chi connectivity index (χ1v) is 6.65. The molecule has 0 saturated carbocycles. The second kappa shape index (κ2) is 5.10. The number of nitrogens with one attached hydrogen (secondary N) is 1. The van der Waals surface area contributed by atoms with Gasteiger partial charge < -0.3 is 5.32 Å². The Labute approximate surface area is 112 Å². The molecule has 0 bridgehead atoms. The van der Waals surface area contributed by atoms with Crippen LogP contribution in [0.2, 0.25) is 0 Å². The topological polar surface area (TPSA) is 24.9 Å². The van der Waals surface area contributed by atoms with Crippen LogP contribution in [0, 0.1) is 5.82 Å². The zero-order valence-electron chi connectivity index (χ0n) is 10.9. The molecule has 0 aliphatic heterocycles. The normalized spacial score (nSPS) is 18.5. The van der Waals surface area contributed by atoms with E-state index >= 15 is 0 Å². The third-order valence-corrected chi connectivity index (χ3v) is 3.86. The molecule has 2 atom stereocenters. The molecule has 1 aromatic heterocycles.